The molecule has 0 saturated carbocycles. The van der Waals surface area contributed by atoms with Gasteiger partial charge in [0.05, 0.1) is 12.4 Å². The highest BCUT2D eigenvalue weighted by Crippen LogP contribution is 2.25. The highest BCUT2D eigenvalue weighted by atomic mass is 15.2. The van der Waals surface area contributed by atoms with Gasteiger partial charge < -0.3 is 10.6 Å². The van der Waals surface area contributed by atoms with Gasteiger partial charge in [0, 0.05) is 13.1 Å². The summed E-state index contributed by atoms with van der Waals surface area (Å²) in [6.07, 6.45) is 4.61. The largest absolute Gasteiger partial charge is 0.382 e. The Kier molecular flexibility index (Phi) is 2.75. The van der Waals surface area contributed by atoms with Crippen LogP contribution in [0.1, 0.15) is 20.3 Å². The van der Waals surface area contributed by atoms with Gasteiger partial charge in [0.1, 0.15) is 11.6 Å². The zero-order valence-electron chi connectivity index (χ0n) is 9.35. The smallest absolute Gasteiger partial charge is 0.147 e. The number of piperidine rings is 1. The Labute approximate surface area is 90.5 Å². The minimum Gasteiger partial charge on any atom is -0.382 e. The molecule has 0 amide bonds. The average molecular weight is 206 g/mol. The van der Waals surface area contributed by atoms with E-state index in [9.17, 15) is 0 Å². The Bertz CT molecular complexity index is 322. The molecule has 1 aromatic heterocycles. The normalized spacial score (nSPS) is 26.7. The van der Waals surface area contributed by atoms with E-state index < -0.39 is 0 Å². The van der Waals surface area contributed by atoms with Gasteiger partial charge in [-0.25, -0.2) is 9.97 Å². The molecule has 1 aliphatic heterocycles. The third-order valence-corrected chi connectivity index (χ3v) is 3.32. The Morgan fingerprint density at radius 3 is 2.67 bits per heavy atom. The lowest BCUT2D eigenvalue weighted by Gasteiger charge is -2.35. The van der Waals surface area contributed by atoms with E-state index >= 15 is 0 Å². The van der Waals surface area contributed by atoms with E-state index in [0.29, 0.717) is 5.82 Å². The van der Waals surface area contributed by atoms with Crippen molar-refractivity contribution >= 4 is 11.6 Å². The molecule has 2 unspecified atom stereocenters. The van der Waals surface area contributed by atoms with Crippen LogP contribution in [0.25, 0.3) is 0 Å². The molecular weight excluding hydrogens is 188 g/mol. The Hall–Kier alpha value is -1.32. The van der Waals surface area contributed by atoms with Gasteiger partial charge in [-0.1, -0.05) is 13.8 Å². The van der Waals surface area contributed by atoms with Crippen LogP contribution in [-0.2, 0) is 0 Å². The predicted octanol–water partition coefficient (Wildman–Crippen LogP) is 1.54. The van der Waals surface area contributed by atoms with Crippen LogP contribution in [0.2, 0.25) is 0 Å². The second-order valence-electron chi connectivity index (χ2n) is 4.49. The maximum atomic E-state index is 5.51. The first-order valence-corrected chi connectivity index (χ1v) is 5.49. The standard InChI is InChI=1S/C11H18N4/c1-8-3-4-15(7-9(8)2)11-6-13-10(12)5-14-11/h5-6,8-9H,3-4,7H2,1-2H3,(H2,12,13). The molecular formula is C11H18N4. The molecule has 82 valence electrons. The van der Waals surface area contributed by atoms with E-state index in [2.05, 4.69) is 28.7 Å². The number of hydrogen-bond donors (Lipinski definition) is 1. The van der Waals surface area contributed by atoms with Gasteiger partial charge >= 0.3 is 0 Å². The fraction of sp³-hybridized carbons (Fsp3) is 0.636. The maximum Gasteiger partial charge on any atom is 0.147 e. The summed E-state index contributed by atoms with van der Waals surface area (Å²) < 4.78 is 0. The number of aromatic nitrogens is 2. The number of nitrogens with zero attached hydrogens (tertiary/aromatic N) is 3. The number of hydrogen-bond acceptors (Lipinski definition) is 4. The molecule has 2 rings (SSSR count). The first-order chi connectivity index (χ1) is 7.16. The average Bonchev–Trinajstić information content (AvgIpc) is 2.23. The Morgan fingerprint density at radius 2 is 2.07 bits per heavy atom. The van der Waals surface area contributed by atoms with Crippen molar-refractivity contribution in [3.63, 3.8) is 0 Å². The van der Waals surface area contributed by atoms with Crippen molar-refractivity contribution in [3.8, 4) is 0 Å². The van der Waals surface area contributed by atoms with Crippen LogP contribution in [0.3, 0.4) is 0 Å². The number of rotatable bonds is 1. The van der Waals surface area contributed by atoms with E-state index in [1.54, 1.807) is 12.4 Å². The molecule has 0 aliphatic carbocycles. The summed E-state index contributed by atoms with van der Waals surface area (Å²) in [5.41, 5.74) is 5.51. The fourth-order valence-electron chi connectivity index (χ4n) is 1.97. The SMILES string of the molecule is CC1CCN(c2cnc(N)cn2)CC1C. The number of nitrogen functional groups attached to an aromatic ring is 1. The van der Waals surface area contributed by atoms with Crippen LogP contribution in [0.15, 0.2) is 12.4 Å². The van der Waals surface area contributed by atoms with Crippen molar-refractivity contribution in [1.82, 2.24) is 9.97 Å². The summed E-state index contributed by atoms with van der Waals surface area (Å²) in [5, 5.41) is 0. The van der Waals surface area contributed by atoms with Gasteiger partial charge in [-0.2, -0.15) is 0 Å². The summed E-state index contributed by atoms with van der Waals surface area (Å²) in [4.78, 5) is 10.7. The van der Waals surface area contributed by atoms with E-state index in [1.165, 1.54) is 6.42 Å². The highest BCUT2D eigenvalue weighted by Gasteiger charge is 2.23. The summed E-state index contributed by atoms with van der Waals surface area (Å²) in [6.45, 7) is 6.75. The summed E-state index contributed by atoms with van der Waals surface area (Å²) in [5.74, 6) is 2.96. The van der Waals surface area contributed by atoms with Gasteiger partial charge in [0.2, 0.25) is 0 Å². The van der Waals surface area contributed by atoms with Crippen molar-refractivity contribution < 1.29 is 0 Å². The van der Waals surface area contributed by atoms with Gasteiger partial charge in [-0.3, -0.25) is 0 Å². The lowest BCUT2D eigenvalue weighted by atomic mass is 9.89. The quantitative estimate of drug-likeness (QED) is 0.757. The van der Waals surface area contributed by atoms with Crippen molar-refractivity contribution in [1.29, 1.82) is 0 Å². The molecule has 4 nitrogen and oxygen atoms in total. The summed E-state index contributed by atoms with van der Waals surface area (Å²) in [6, 6.07) is 0. The predicted molar refractivity (Wildman–Crippen MR) is 61.6 cm³/mol. The molecule has 2 heterocycles. The Balaban J connectivity index is 2.08. The van der Waals surface area contributed by atoms with Crippen LogP contribution < -0.4 is 10.6 Å². The van der Waals surface area contributed by atoms with E-state index in [4.69, 9.17) is 5.73 Å². The van der Waals surface area contributed by atoms with Crippen molar-refractivity contribution in [2.24, 2.45) is 11.8 Å². The minimum atomic E-state index is 0.483. The molecule has 2 atom stereocenters. The first kappa shape index (κ1) is 10.2. The molecule has 15 heavy (non-hydrogen) atoms. The van der Waals surface area contributed by atoms with Gasteiger partial charge in [0.15, 0.2) is 0 Å². The van der Waals surface area contributed by atoms with E-state index in [0.717, 1.165) is 30.7 Å². The molecule has 1 fully saturated rings. The molecule has 4 heteroatoms. The summed E-state index contributed by atoms with van der Waals surface area (Å²) in [7, 11) is 0. The monoisotopic (exact) mass is 206 g/mol. The lowest BCUT2D eigenvalue weighted by molar-refractivity contribution is 0.322. The number of anilines is 2. The molecule has 1 aromatic rings. The molecule has 0 spiro atoms. The van der Waals surface area contributed by atoms with Crippen LogP contribution in [-0.4, -0.2) is 23.1 Å². The van der Waals surface area contributed by atoms with Crippen molar-refractivity contribution in [2.45, 2.75) is 20.3 Å². The summed E-state index contributed by atoms with van der Waals surface area (Å²) >= 11 is 0. The fourth-order valence-corrected chi connectivity index (χ4v) is 1.97. The molecule has 0 bridgehead atoms. The second-order valence-corrected chi connectivity index (χ2v) is 4.49. The van der Waals surface area contributed by atoms with Crippen LogP contribution in [0.5, 0.6) is 0 Å². The lowest BCUT2D eigenvalue weighted by Crippen LogP contribution is -2.38. The zero-order valence-corrected chi connectivity index (χ0v) is 9.35. The number of nitrogens with two attached hydrogens (primary N) is 1. The highest BCUT2D eigenvalue weighted by molar-refractivity contribution is 5.39. The molecule has 0 aromatic carbocycles. The molecule has 2 N–H and O–H groups in total. The third-order valence-electron chi connectivity index (χ3n) is 3.32. The third kappa shape index (κ3) is 2.19. The van der Waals surface area contributed by atoms with Gasteiger partial charge in [-0.05, 0) is 18.3 Å². The van der Waals surface area contributed by atoms with Crippen LogP contribution >= 0.6 is 0 Å². The van der Waals surface area contributed by atoms with E-state index in [-0.39, 0.29) is 0 Å². The van der Waals surface area contributed by atoms with Crippen LogP contribution in [0, 0.1) is 11.8 Å². The Morgan fingerprint density at radius 1 is 1.27 bits per heavy atom. The van der Waals surface area contributed by atoms with Gasteiger partial charge in [-0.15, -0.1) is 0 Å². The molecule has 1 aliphatic rings. The zero-order chi connectivity index (χ0) is 10.8. The first-order valence-electron chi connectivity index (χ1n) is 5.49. The van der Waals surface area contributed by atoms with Gasteiger partial charge in [0.25, 0.3) is 0 Å². The molecule has 1 saturated heterocycles. The van der Waals surface area contributed by atoms with Crippen molar-refractivity contribution in [2.75, 3.05) is 23.7 Å². The minimum absolute atomic E-state index is 0.483. The second kappa shape index (κ2) is 4.04. The van der Waals surface area contributed by atoms with E-state index in [1.807, 2.05) is 0 Å². The maximum absolute atomic E-state index is 5.51. The van der Waals surface area contributed by atoms with Crippen LogP contribution in [0.4, 0.5) is 11.6 Å². The molecule has 0 radical (unpaired) electrons. The van der Waals surface area contributed by atoms with Crippen molar-refractivity contribution in [3.05, 3.63) is 12.4 Å². The topological polar surface area (TPSA) is 55.0 Å².